The summed E-state index contributed by atoms with van der Waals surface area (Å²) in [6.07, 6.45) is 0.756. The van der Waals surface area contributed by atoms with E-state index in [1.54, 1.807) is 0 Å². The first-order chi connectivity index (χ1) is 9.27. The Kier molecular flexibility index (Phi) is 3.53. The smallest absolute Gasteiger partial charge is 0.188 e. The van der Waals surface area contributed by atoms with E-state index < -0.39 is 5.79 Å². The highest BCUT2D eigenvalue weighted by Gasteiger charge is 2.41. The molecule has 1 aliphatic rings. The molecular formula is C15H16BClO2. The number of rotatable bonds is 3. The van der Waals surface area contributed by atoms with Gasteiger partial charge in [0.1, 0.15) is 7.85 Å². The summed E-state index contributed by atoms with van der Waals surface area (Å²) in [5, 5.41) is 2.43. The lowest BCUT2D eigenvalue weighted by atomic mass is 9.89. The van der Waals surface area contributed by atoms with Crippen LogP contribution in [0, 0.1) is 0 Å². The first-order valence-corrected chi connectivity index (χ1v) is 7.18. The second kappa shape index (κ2) is 5.16. The zero-order chi connectivity index (χ0) is 13.3. The summed E-state index contributed by atoms with van der Waals surface area (Å²) >= 11 is 5.87. The van der Waals surface area contributed by atoms with Crippen LogP contribution in [0.25, 0.3) is 10.8 Å². The molecule has 1 aliphatic heterocycles. The van der Waals surface area contributed by atoms with Crippen molar-refractivity contribution in [1.29, 1.82) is 0 Å². The van der Waals surface area contributed by atoms with E-state index in [2.05, 4.69) is 38.2 Å². The molecular weight excluding hydrogens is 258 g/mol. The van der Waals surface area contributed by atoms with Crippen LogP contribution in [0.4, 0.5) is 0 Å². The van der Waals surface area contributed by atoms with E-state index in [0.717, 1.165) is 11.9 Å². The van der Waals surface area contributed by atoms with Crippen molar-refractivity contribution < 1.29 is 9.47 Å². The SMILES string of the molecule is BC[C@]1(c2ccc3ccccc3c2)OC[C@@H](CCl)O1. The lowest BCUT2D eigenvalue weighted by molar-refractivity contribution is -0.158. The van der Waals surface area contributed by atoms with Gasteiger partial charge in [0.05, 0.1) is 18.6 Å². The van der Waals surface area contributed by atoms with Crippen LogP contribution in [-0.4, -0.2) is 26.4 Å². The minimum atomic E-state index is -0.635. The van der Waals surface area contributed by atoms with Gasteiger partial charge in [0.25, 0.3) is 0 Å². The number of halogens is 1. The summed E-state index contributed by atoms with van der Waals surface area (Å²) in [4.78, 5) is 0. The van der Waals surface area contributed by atoms with Crippen molar-refractivity contribution in [3.05, 3.63) is 48.0 Å². The van der Waals surface area contributed by atoms with Crippen LogP contribution in [-0.2, 0) is 15.3 Å². The Balaban J connectivity index is 2.02. The zero-order valence-electron chi connectivity index (χ0n) is 10.9. The van der Waals surface area contributed by atoms with Gasteiger partial charge in [0.2, 0.25) is 0 Å². The van der Waals surface area contributed by atoms with Crippen molar-refractivity contribution in [1.82, 2.24) is 0 Å². The van der Waals surface area contributed by atoms with Gasteiger partial charge in [0.15, 0.2) is 5.79 Å². The van der Waals surface area contributed by atoms with E-state index in [0.29, 0.717) is 12.5 Å². The molecule has 1 heterocycles. The molecule has 2 aromatic carbocycles. The molecule has 0 saturated carbocycles. The number of benzene rings is 2. The van der Waals surface area contributed by atoms with Crippen molar-refractivity contribution in [3.8, 4) is 0 Å². The fourth-order valence-corrected chi connectivity index (χ4v) is 2.76. The molecule has 0 unspecified atom stereocenters. The van der Waals surface area contributed by atoms with Gasteiger partial charge >= 0.3 is 0 Å². The summed E-state index contributed by atoms with van der Waals surface area (Å²) in [5.74, 6) is -0.168. The second-order valence-electron chi connectivity index (χ2n) is 4.87. The molecule has 0 N–H and O–H groups in total. The monoisotopic (exact) mass is 274 g/mol. The lowest BCUT2D eigenvalue weighted by Crippen LogP contribution is -2.28. The summed E-state index contributed by atoms with van der Waals surface area (Å²) in [7, 11) is 2.08. The molecule has 0 aromatic heterocycles. The van der Waals surface area contributed by atoms with Gasteiger partial charge < -0.3 is 9.47 Å². The van der Waals surface area contributed by atoms with Gasteiger partial charge in [0, 0.05) is 5.56 Å². The summed E-state index contributed by atoms with van der Waals surface area (Å²) < 4.78 is 11.9. The Hall–Kier alpha value is -1.03. The fraction of sp³-hybridized carbons (Fsp3) is 0.333. The number of hydrogen-bond donors (Lipinski definition) is 0. The molecule has 0 aliphatic carbocycles. The normalized spacial score (nSPS) is 26.9. The summed E-state index contributed by atoms with van der Waals surface area (Å²) in [6.45, 7) is 0.560. The largest absolute Gasteiger partial charge is 0.344 e. The van der Waals surface area contributed by atoms with Gasteiger partial charge in [-0.3, -0.25) is 0 Å². The highest BCUT2D eigenvalue weighted by atomic mass is 35.5. The highest BCUT2D eigenvalue weighted by Crippen LogP contribution is 2.38. The molecule has 2 atom stereocenters. The Morgan fingerprint density at radius 1 is 1.21 bits per heavy atom. The van der Waals surface area contributed by atoms with Gasteiger partial charge in [-0.15, -0.1) is 11.6 Å². The number of hydrogen-bond acceptors (Lipinski definition) is 2. The number of fused-ring (bicyclic) bond motifs is 1. The molecule has 1 fully saturated rings. The van der Waals surface area contributed by atoms with E-state index in [-0.39, 0.29) is 6.10 Å². The van der Waals surface area contributed by atoms with Gasteiger partial charge in [-0.1, -0.05) is 36.4 Å². The third-order valence-corrected chi connectivity index (χ3v) is 4.03. The van der Waals surface area contributed by atoms with Crippen LogP contribution in [0.5, 0.6) is 0 Å². The third-order valence-electron chi connectivity index (χ3n) is 3.69. The predicted molar refractivity (Wildman–Crippen MR) is 80.5 cm³/mol. The minimum Gasteiger partial charge on any atom is -0.344 e. The molecule has 0 amide bonds. The van der Waals surface area contributed by atoms with E-state index in [1.807, 2.05) is 12.1 Å². The minimum absolute atomic E-state index is 0.0203. The third kappa shape index (κ3) is 2.27. The molecule has 4 heteroatoms. The van der Waals surface area contributed by atoms with Gasteiger partial charge in [-0.25, -0.2) is 0 Å². The maximum absolute atomic E-state index is 6.03. The van der Waals surface area contributed by atoms with Crippen LogP contribution in [0.3, 0.4) is 0 Å². The van der Waals surface area contributed by atoms with Crippen LogP contribution < -0.4 is 0 Å². The molecule has 0 radical (unpaired) electrons. The van der Waals surface area contributed by atoms with Gasteiger partial charge in [-0.05, 0) is 23.2 Å². The Morgan fingerprint density at radius 2 is 2.00 bits per heavy atom. The van der Waals surface area contributed by atoms with Crippen LogP contribution in [0.2, 0.25) is 6.32 Å². The zero-order valence-corrected chi connectivity index (χ0v) is 11.7. The van der Waals surface area contributed by atoms with Crippen molar-refractivity contribution in [3.63, 3.8) is 0 Å². The van der Waals surface area contributed by atoms with Crippen molar-refractivity contribution in [2.45, 2.75) is 18.2 Å². The average molecular weight is 275 g/mol. The van der Waals surface area contributed by atoms with Crippen molar-refractivity contribution in [2.75, 3.05) is 12.5 Å². The number of ether oxygens (including phenoxy) is 2. The Bertz CT molecular complexity index is 589. The lowest BCUT2D eigenvalue weighted by Gasteiger charge is -2.27. The van der Waals surface area contributed by atoms with Crippen LogP contribution in [0.1, 0.15) is 5.56 Å². The summed E-state index contributed by atoms with van der Waals surface area (Å²) in [5.41, 5.74) is 1.07. The topological polar surface area (TPSA) is 18.5 Å². The first-order valence-electron chi connectivity index (χ1n) is 6.64. The molecule has 3 rings (SSSR count). The molecule has 19 heavy (non-hydrogen) atoms. The Labute approximate surface area is 119 Å². The average Bonchev–Trinajstić information content (AvgIpc) is 2.92. The first kappa shape index (κ1) is 13.0. The highest BCUT2D eigenvalue weighted by molar-refractivity contribution is 6.18. The Morgan fingerprint density at radius 3 is 2.68 bits per heavy atom. The van der Waals surface area contributed by atoms with E-state index in [1.165, 1.54) is 10.8 Å². The van der Waals surface area contributed by atoms with Crippen molar-refractivity contribution in [2.24, 2.45) is 0 Å². The summed E-state index contributed by atoms with van der Waals surface area (Å²) in [6, 6.07) is 14.7. The van der Waals surface area contributed by atoms with E-state index in [4.69, 9.17) is 21.1 Å². The molecule has 0 spiro atoms. The van der Waals surface area contributed by atoms with E-state index in [9.17, 15) is 0 Å². The van der Waals surface area contributed by atoms with Gasteiger partial charge in [-0.2, -0.15) is 0 Å². The fourth-order valence-electron chi connectivity index (χ4n) is 2.61. The van der Waals surface area contributed by atoms with E-state index >= 15 is 0 Å². The standard InChI is InChI=1S/C15H16BClO2/c16-10-15(18-9-14(8-17)19-15)13-6-5-11-3-1-2-4-12(11)7-13/h1-7,14H,8-10,16H2/t14-,15+/m1/s1. The number of alkyl halides is 1. The molecule has 0 bridgehead atoms. The molecule has 2 aromatic rings. The molecule has 2 nitrogen and oxygen atoms in total. The molecule has 98 valence electrons. The van der Waals surface area contributed by atoms with Crippen LogP contribution >= 0.6 is 11.6 Å². The van der Waals surface area contributed by atoms with Crippen LogP contribution in [0.15, 0.2) is 42.5 Å². The maximum atomic E-state index is 6.03. The quantitative estimate of drug-likeness (QED) is 0.633. The maximum Gasteiger partial charge on any atom is 0.188 e. The second-order valence-corrected chi connectivity index (χ2v) is 5.18. The molecule has 1 saturated heterocycles. The van der Waals surface area contributed by atoms with Crippen molar-refractivity contribution >= 4 is 30.2 Å². The predicted octanol–water partition coefficient (Wildman–Crippen LogP) is 2.70.